The van der Waals surface area contributed by atoms with Gasteiger partial charge in [-0.15, -0.1) is 0 Å². The summed E-state index contributed by atoms with van der Waals surface area (Å²) in [6, 6.07) is 4.85. The van der Waals surface area contributed by atoms with Gasteiger partial charge in [0.25, 0.3) is 0 Å². The molecule has 0 aromatic heterocycles. The van der Waals surface area contributed by atoms with Crippen LogP contribution in [0.5, 0.6) is 11.5 Å². The minimum Gasteiger partial charge on any atom is -0.497 e. The molecule has 0 aliphatic heterocycles. The van der Waals surface area contributed by atoms with Gasteiger partial charge in [-0.3, -0.25) is 0 Å². The molecular formula is C15H24N2O4. The molecule has 0 saturated heterocycles. The fourth-order valence-corrected chi connectivity index (χ4v) is 1.99. The maximum atomic E-state index is 11.8. The van der Waals surface area contributed by atoms with Gasteiger partial charge in [0.2, 0.25) is 0 Å². The lowest BCUT2D eigenvalue weighted by atomic mass is 10.1. The van der Waals surface area contributed by atoms with Gasteiger partial charge in [0.1, 0.15) is 11.5 Å². The lowest BCUT2D eigenvalue weighted by Gasteiger charge is -2.15. The van der Waals surface area contributed by atoms with Crippen molar-refractivity contribution in [2.45, 2.75) is 26.4 Å². The summed E-state index contributed by atoms with van der Waals surface area (Å²) in [7, 11) is 3.10. The third-order valence-corrected chi connectivity index (χ3v) is 2.96. The molecule has 6 nitrogen and oxygen atoms in total. The van der Waals surface area contributed by atoms with Crippen LogP contribution in [0.3, 0.4) is 0 Å². The second kappa shape index (κ2) is 8.36. The third kappa shape index (κ3) is 6.35. The molecule has 6 heteroatoms. The summed E-state index contributed by atoms with van der Waals surface area (Å²) in [5, 5.41) is 14.8. The van der Waals surface area contributed by atoms with Crippen molar-refractivity contribution in [2.24, 2.45) is 5.92 Å². The van der Waals surface area contributed by atoms with Crippen LogP contribution in [-0.2, 0) is 0 Å². The predicted octanol–water partition coefficient (Wildman–Crippen LogP) is 2.23. The second-order valence-electron chi connectivity index (χ2n) is 5.13. The molecule has 0 heterocycles. The molecule has 0 aliphatic carbocycles. The Kier molecular flexibility index (Phi) is 6.81. The van der Waals surface area contributed by atoms with Gasteiger partial charge in [0.15, 0.2) is 0 Å². The molecule has 0 aliphatic rings. The van der Waals surface area contributed by atoms with Crippen LogP contribution in [0.15, 0.2) is 18.2 Å². The minimum absolute atomic E-state index is 0.204. The van der Waals surface area contributed by atoms with E-state index in [0.717, 1.165) is 0 Å². The fraction of sp³-hybridized carbons (Fsp3) is 0.533. The number of benzene rings is 1. The Labute approximate surface area is 125 Å². The number of carbonyl (C=O) groups is 1. The van der Waals surface area contributed by atoms with Crippen molar-refractivity contribution in [3.63, 3.8) is 0 Å². The summed E-state index contributed by atoms with van der Waals surface area (Å²) >= 11 is 0. The van der Waals surface area contributed by atoms with E-state index in [-0.39, 0.29) is 18.1 Å². The highest BCUT2D eigenvalue weighted by atomic mass is 16.5. The maximum absolute atomic E-state index is 11.8. The van der Waals surface area contributed by atoms with Crippen LogP contribution in [0.1, 0.15) is 20.3 Å². The molecule has 118 valence electrons. The van der Waals surface area contributed by atoms with Crippen LogP contribution in [0, 0.1) is 5.92 Å². The van der Waals surface area contributed by atoms with Gasteiger partial charge < -0.3 is 25.2 Å². The van der Waals surface area contributed by atoms with Crippen molar-refractivity contribution in [1.29, 1.82) is 0 Å². The molecule has 0 saturated carbocycles. The van der Waals surface area contributed by atoms with Crippen molar-refractivity contribution in [3.05, 3.63) is 18.2 Å². The molecule has 0 bridgehead atoms. The highest BCUT2D eigenvalue weighted by molar-refractivity contribution is 5.89. The number of methoxy groups -OCH3 is 2. The van der Waals surface area contributed by atoms with Gasteiger partial charge in [-0.05, 0) is 19.3 Å². The van der Waals surface area contributed by atoms with Crippen LogP contribution in [-0.4, -0.2) is 38.0 Å². The van der Waals surface area contributed by atoms with E-state index in [0.29, 0.717) is 30.2 Å². The summed E-state index contributed by atoms with van der Waals surface area (Å²) < 4.78 is 10.3. The van der Waals surface area contributed by atoms with E-state index in [1.165, 1.54) is 0 Å². The third-order valence-electron chi connectivity index (χ3n) is 2.96. The lowest BCUT2D eigenvalue weighted by Crippen LogP contribution is -2.33. The lowest BCUT2D eigenvalue weighted by molar-refractivity contribution is 0.163. The Balaban J connectivity index is 2.54. The summed E-state index contributed by atoms with van der Waals surface area (Å²) in [6.07, 6.45) is 0.278. The normalized spacial score (nSPS) is 13.2. The Morgan fingerprint density at radius 1 is 1.19 bits per heavy atom. The van der Waals surface area contributed by atoms with Crippen LogP contribution in [0.4, 0.5) is 10.5 Å². The van der Waals surface area contributed by atoms with Crippen molar-refractivity contribution in [1.82, 2.24) is 5.32 Å². The zero-order valence-electron chi connectivity index (χ0n) is 13.0. The number of amides is 2. The average molecular weight is 296 g/mol. The number of urea groups is 1. The van der Waals surface area contributed by atoms with Crippen LogP contribution >= 0.6 is 0 Å². The van der Waals surface area contributed by atoms with Gasteiger partial charge in [0.05, 0.1) is 20.3 Å². The molecule has 21 heavy (non-hydrogen) atoms. The highest BCUT2D eigenvalue weighted by Gasteiger charge is 2.09. The molecule has 0 fully saturated rings. The second-order valence-corrected chi connectivity index (χ2v) is 5.13. The van der Waals surface area contributed by atoms with Crippen LogP contribution in [0.2, 0.25) is 0 Å². The number of carbonyl (C=O) groups excluding carboxylic acids is 1. The maximum Gasteiger partial charge on any atom is 0.319 e. The number of hydrogen-bond acceptors (Lipinski definition) is 4. The van der Waals surface area contributed by atoms with Crippen molar-refractivity contribution in [3.8, 4) is 11.5 Å². The number of anilines is 1. The zero-order valence-corrected chi connectivity index (χ0v) is 13.0. The summed E-state index contributed by atoms with van der Waals surface area (Å²) in [6.45, 7) is 4.21. The van der Waals surface area contributed by atoms with Gasteiger partial charge >= 0.3 is 6.03 Å². The first kappa shape index (κ1) is 17.1. The molecule has 0 radical (unpaired) electrons. The van der Waals surface area contributed by atoms with Gasteiger partial charge in [-0.25, -0.2) is 4.79 Å². The van der Waals surface area contributed by atoms with E-state index < -0.39 is 0 Å². The quantitative estimate of drug-likeness (QED) is 0.721. The van der Waals surface area contributed by atoms with Gasteiger partial charge in [0, 0.05) is 30.4 Å². The van der Waals surface area contributed by atoms with Crippen LogP contribution in [0.25, 0.3) is 0 Å². The van der Waals surface area contributed by atoms with E-state index in [1.807, 2.05) is 6.92 Å². The first-order valence-corrected chi connectivity index (χ1v) is 6.90. The molecule has 2 amide bonds. The Hall–Kier alpha value is -1.95. The highest BCUT2D eigenvalue weighted by Crippen LogP contribution is 2.25. The van der Waals surface area contributed by atoms with Gasteiger partial charge in [-0.2, -0.15) is 0 Å². The van der Waals surface area contributed by atoms with E-state index in [4.69, 9.17) is 9.47 Å². The molecule has 1 rings (SSSR count). The summed E-state index contributed by atoms with van der Waals surface area (Å²) in [5.41, 5.74) is 0.590. The molecule has 1 aromatic carbocycles. The standard InChI is InChI=1S/C15H24N2O4/c1-10(5-11(2)18)9-16-15(19)17-12-6-13(20-3)8-14(7-12)21-4/h6-8,10-11,18H,5,9H2,1-4H3,(H2,16,17,19)/t10-,11+/m1/s1. The van der Waals surface area contributed by atoms with Gasteiger partial charge in [-0.1, -0.05) is 6.92 Å². The smallest absolute Gasteiger partial charge is 0.319 e. The van der Waals surface area contributed by atoms with Crippen LogP contribution < -0.4 is 20.1 Å². The number of aliphatic hydroxyl groups is 1. The van der Waals surface area contributed by atoms with Crippen molar-refractivity contribution in [2.75, 3.05) is 26.1 Å². The summed E-state index contributed by atoms with van der Waals surface area (Å²) in [5.74, 6) is 1.41. The number of aliphatic hydroxyl groups excluding tert-OH is 1. The average Bonchev–Trinajstić information content (AvgIpc) is 2.44. The Morgan fingerprint density at radius 2 is 1.76 bits per heavy atom. The van der Waals surface area contributed by atoms with Crippen molar-refractivity contribution < 1.29 is 19.4 Å². The Bertz CT molecular complexity index is 441. The Morgan fingerprint density at radius 3 is 2.24 bits per heavy atom. The minimum atomic E-state index is -0.368. The molecule has 1 aromatic rings. The topological polar surface area (TPSA) is 79.8 Å². The molecular weight excluding hydrogens is 272 g/mol. The number of rotatable bonds is 7. The number of nitrogens with one attached hydrogen (secondary N) is 2. The number of ether oxygens (including phenoxy) is 2. The zero-order chi connectivity index (χ0) is 15.8. The largest absolute Gasteiger partial charge is 0.497 e. The number of hydrogen-bond donors (Lipinski definition) is 3. The van der Waals surface area contributed by atoms with E-state index in [9.17, 15) is 9.90 Å². The van der Waals surface area contributed by atoms with E-state index in [2.05, 4.69) is 10.6 Å². The van der Waals surface area contributed by atoms with E-state index >= 15 is 0 Å². The molecule has 3 N–H and O–H groups in total. The van der Waals surface area contributed by atoms with Crippen molar-refractivity contribution >= 4 is 11.7 Å². The first-order chi connectivity index (χ1) is 9.94. The molecule has 0 unspecified atom stereocenters. The van der Waals surface area contributed by atoms with E-state index in [1.54, 1.807) is 39.3 Å². The first-order valence-electron chi connectivity index (χ1n) is 6.90. The molecule has 0 spiro atoms. The molecule has 2 atom stereocenters. The monoisotopic (exact) mass is 296 g/mol. The predicted molar refractivity (Wildman–Crippen MR) is 82.0 cm³/mol. The fourth-order valence-electron chi connectivity index (χ4n) is 1.99. The SMILES string of the molecule is COc1cc(NC(=O)NC[C@H](C)C[C@H](C)O)cc(OC)c1. The summed E-state index contributed by atoms with van der Waals surface area (Å²) in [4.78, 5) is 11.8.